The van der Waals surface area contributed by atoms with Crippen LogP contribution in [-0.2, 0) is 19.3 Å². The Morgan fingerprint density at radius 1 is 0.805 bits per heavy atom. The zero-order valence-electron chi connectivity index (χ0n) is 24.6. The first-order chi connectivity index (χ1) is 19.4. The molecule has 0 fully saturated rings. The van der Waals surface area contributed by atoms with Gasteiger partial charge < -0.3 is 19.1 Å². The lowest BCUT2D eigenvalue weighted by Gasteiger charge is -2.33. The van der Waals surface area contributed by atoms with E-state index >= 15 is 0 Å². The Morgan fingerprint density at radius 3 is 2.07 bits per heavy atom. The minimum Gasteiger partial charge on any atom is -0.487 e. The number of aryl methyl sites for hydroxylation is 3. The van der Waals surface area contributed by atoms with Crippen LogP contribution < -0.4 is 9.47 Å². The molecule has 3 aromatic carbocycles. The molecule has 0 N–H and O–H groups in total. The maximum absolute atomic E-state index is 11.1. The summed E-state index contributed by atoms with van der Waals surface area (Å²) in [6.07, 6.45) is 1.04. The van der Waals surface area contributed by atoms with Gasteiger partial charge in [-0.2, -0.15) is 0 Å². The van der Waals surface area contributed by atoms with Crippen LogP contribution in [0.5, 0.6) is 11.5 Å². The largest absolute Gasteiger partial charge is 0.487 e. The number of hydrogen-bond donors (Lipinski definition) is 0. The molecule has 1 unspecified atom stereocenters. The van der Waals surface area contributed by atoms with Crippen LogP contribution >= 0.6 is 0 Å². The highest BCUT2D eigenvalue weighted by molar-refractivity contribution is 6.05. The third-order valence-corrected chi connectivity index (χ3v) is 6.72. The summed E-state index contributed by atoms with van der Waals surface area (Å²) in [7, 11) is 0. The van der Waals surface area contributed by atoms with Gasteiger partial charge in [0.15, 0.2) is 0 Å². The van der Waals surface area contributed by atoms with E-state index in [0.29, 0.717) is 12.8 Å². The molecule has 0 bridgehead atoms. The van der Waals surface area contributed by atoms with Gasteiger partial charge >= 0.3 is 11.9 Å². The molecule has 0 spiro atoms. The van der Waals surface area contributed by atoms with Crippen LogP contribution in [0, 0.1) is 20.8 Å². The summed E-state index contributed by atoms with van der Waals surface area (Å²) < 4.78 is 12.1. The van der Waals surface area contributed by atoms with E-state index in [2.05, 4.69) is 10.3 Å². The number of hydrogen-bond acceptors (Lipinski definition) is 8. The molecular weight excluding hydrogens is 520 g/mol. The number of carbonyl (C=O) groups is 2. The molecule has 0 amide bonds. The Labute approximate surface area is 240 Å². The highest BCUT2D eigenvalue weighted by Crippen LogP contribution is 2.37. The molecule has 2 aliphatic rings. The molecule has 8 nitrogen and oxygen atoms in total. The van der Waals surface area contributed by atoms with Gasteiger partial charge in [0.1, 0.15) is 23.2 Å². The lowest BCUT2D eigenvalue weighted by Crippen LogP contribution is -2.36. The Kier molecular flexibility index (Phi) is 8.91. The van der Waals surface area contributed by atoms with E-state index in [9.17, 15) is 9.59 Å². The monoisotopic (exact) mass is 556 g/mol. The Balaban J connectivity index is 0.000000191. The van der Waals surface area contributed by atoms with Crippen molar-refractivity contribution in [2.24, 2.45) is 10.3 Å². The average molecular weight is 557 g/mol. The number of fused-ring (bicyclic) bond motifs is 2. The summed E-state index contributed by atoms with van der Waals surface area (Å²) in [6.45, 7) is 12.8. The van der Waals surface area contributed by atoms with Gasteiger partial charge in [0.25, 0.3) is 0 Å². The van der Waals surface area contributed by atoms with E-state index in [-0.39, 0.29) is 11.7 Å². The number of nitrogens with zero attached hydrogens (tertiary/aromatic N) is 2. The highest BCUT2D eigenvalue weighted by Gasteiger charge is 2.32. The number of oxime groups is 2. The Morgan fingerprint density at radius 2 is 1.41 bits per heavy atom. The number of ether oxygens (including phenoxy) is 2. The molecule has 5 rings (SSSR count). The summed E-state index contributed by atoms with van der Waals surface area (Å²) in [5, 5.41) is 8.01. The fourth-order valence-corrected chi connectivity index (χ4v) is 4.64. The van der Waals surface area contributed by atoms with Gasteiger partial charge in [-0.1, -0.05) is 52.3 Å². The third-order valence-electron chi connectivity index (χ3n) is 6.72. The lowest BCUT2D eigenvalue weighted by atomic mass is 9.90. The highest BCUT2D eigenvalue weighted by atomic mass is 16.7. The number of benzene rings is 3. The predicted octanol–water partition coefficient (Wildman–Crippen LogP) is 6.92. The minimum atomic E-state index is -0.426. The fraction of sp³-hybridized carbons (Fsp3) is 0.333. The predicted molar refractivity (Wildman–Crippen MR) is 157 cm³/mol. The van der Waals surface area contributed by atoms with Crippen molar-refractivity contribution in [1.82, 2.24) is 0 Å². The summed E-state index contributed by atoms with van der Waals surface area (Å²) in [6, 6.07) is 19.9. The van der Waals surface area contributed by atoms with Gasteiger partial charge in [-0.05, 0) is 75.6 Å². The van der Waals surface area contributed by atoms with Crippen LogP contribution in [0.2, 0.25) is 0 Å². The molecule has 41 heavy (non-hydrogen) atoms. The molecule has 0 saturated heterocycles. The fourth-order valence-electron chi connectivity index (χ4n) is 4.64. The maximum Gasteiger partial charge on any atom is 0.331 e. The van der Waals surface area contributed by atoms with Crippen LogP contribution in [0.4, 0.5) is 0 Å². The molecular formula is C33H36N2O6. The quantitative estimate of drug-likeness (QED) is 0.257. The van der Waals surface area contributed by atoms with Crippen molar-refractivity contribution in [2.75, 3.05) is 0 Å². The van der Waals surface area contributed by atoms with Crippen LogP contribution in [0.3, 0.4) is 0 Å². The molecule has 0 aliphatic carbocycles. The van der Waals surface area contributed by atoms with Gasteiger partial charge in [0.05, 0.1) is 11.4 Å². The van der Waals surface area contributed by atoms with E-state index in [0.717, 1.165) is 50.7 Å². The van der Waals surface area contributed by atoms with Crippen LogP contribution in [0.15, 0.2) is 71.0 Å². The molecule has 3 aromatic rings. The smallest absolute Gasteiger partial charge is 0.331 e. The summed E-state index contributed by atoms with van der Waals surface area (Å²) >= 11 is 0. The van der Waals surface area contributed by atoms with E-state index in [4.69, 9.17) is 19.1 Å². The first-order valence-electron chi connectivity index (χ1n) is 13.5. The lowest BCUT2D eigenvalue weighted by molar-refractivity contribution is -0.141. The molecule has 0 saturated carbocycles. The van der Waals surface area contributed by atoms with Crippen molar-refractivity contribution in [3.05, 3.63) is 94.0 Å². The second-order valence-corrected chi connectivity index (χ2v) is 10.9. The Bertz CT molecular complexity index is 1510. The minimum absolute atomic E-state index is 0.134. The van der Waals surface area contributed by atoms with Crippen LogP contribution in [0.1, 0.15) is 80.0 Å². The molecule has 8 heteroatoms. The second kappa shape index (κ2) is 12.4. The van der Waals surface area contributed by atoms with Gasteiger partial charge in [-0.25, -0.2) is 9.59 Å². The summed E-state index contributed by atoms with van der Waals surface area (Å²) in [4.78, 5) is 31.6. The first-order valence-corrected chi connectivity index (χ1v) is 13.5. The second-order valence-electron chi connectivity index (χ2n) is 10.9. The Hall–Kier alpha value is -4.46. The summed E-state index contributed by atoms with van der Waals surface area (Å²) in [5.74, 6) is 0.716. The van der Waals surface area contributed by atoms with Crippen LogP contribution in [-0.4, -0.2) is 29.0 Å². The van der Waals surface area contributed by atoms with E-state index in [1.807, 2.05) is 95.3 Å². The van der Waals surface area contributed by atoms with E-state index in [1.54, 1.807) is 0 Å². The van der Waals surface area contributed by atoms with E-state index in [1.165, 1.54) is 19.4 Å². The van der Waals surface area contributed by atoms with Crippen molar-refractivity contribution in [3.63, 3.8) is 0 Å². The average Bonchev–Trinajstić information content (AvgIpc) is 2.91. The standard InChI is InChI=1S/C18H17NO3.C15H19NO3/c1-12-8-9-17-15(10-12)16(19-22-13(2)20)11-18(21-17)14-6-4-3-5-7-14;1-9-6-12-13(16-19-11(3)17)8-15(4,5)18-14(12)7-10(9)2/h3-10,18H,11H2,1-2H3;6-7H,8H2,1-5H3/b19-16-;16-13-. The maximum atomic E-state index is 11.1. The SMILES string of the molecule is CC(=O)O/N=C1/CC(C)(C)Oc2cc(C)c(C)cc21.CC(=O)O/N=C1/CC(c2ccccc2)Oc2ccc(C)cc21. The van der Waals surface area contributed by atoms with Crippen LogP contribution in [0.25, 0.3) is 0 Å². The number of carbonyl (C=O) groups excluding carboxylic acids is 2. The number of rotatable bonds is 3. The molecule has 0 radical (unpaired) electrons. The normalized spacial score (nSPS) is 18.6. The molecule has 1 atom stereocenters. The topological polar surface area (TPSA) is 95.8 Å². The first kappa shape index (κ1) is 29.5. The van der Waals surface area contributed by atoms with Crippen molar-refractivity contribution in [1.29, 1.82) is 0 Å². The third kappa shape index (κ3) is 7.60. The molecule has 2 aliphatic heterocycles. The zero-order chi connectivity index (χ0) is 29.7. The van der Waals surface area contributed by atoms with Crippen molar-refractivity contribution in [2.45, 2.75) is 73.0 Å². The van der Waals surface area contributed by atoms with Crippen molar-refractivity contribution in [3.8, 4) is 11.5 Å². The van der Waals surface area contributed by atoms with Crippen molar-refractivity contribution < 1.29 is 28.7 Å². The van der Waals surface area contributed by atoms with Crippen molar-refractivity contribution >= 4 is 23.4 Å². The van der Waals surface area contributed by atoms with E-state index < -0.39 is 11.9 Å². The van der Waals surface area contributed by atoms with Gasteiger partial charge in [0, 0.05) is 37.8 Å². The molecule has 214 valence electrons. The van der Waals surface area contributed by atoms with Gasteiger partial charge in [0.2, 0.25) is 0 Å². The zero-order valence-corrected chi connectivity index (χ0v) is 24.6. The van der Waals surface area contributed by atoms with Gasteiger partial charge in [-0.3, -0.25) is 0 Å². The summed E-state index contributed by atoms with van der Waals surface area (Å²) in [5.41, 5.74) is 7.44. The van der Waals surface area contributed by atoms with Gasteiger partial charge in [-0.15, -0.1) is 0 Å². The molecule has 2 heterocycles. The molecule has 0 aromatic heterocycles.